The fourth-order valence-electron chi connectivity index (χ4n) is 3.68. The molecule has 0 saturated carbocycles. The van der Waals surface area contributed by atoms with Crippen LogP contribution in [0.4, 0.5) is 4.79 Å². The highest BCUT2D eigenvalue weighted by atomic mass is 16.6. The van der Waals surface area contributed by atoms with E-state index in [0.29, 0.717) is 12.6 Å². The lowest BCUT2D eigenvalue weighted by Crippen LogP contribution is -2.40. The molecule has 5 heteroatoms. The Kier molecular flexibility index (Phi) is 2.96. The largest absolute Gasteiger partial charge is 0.443 e. The molecule has 3 heterocycles. The smallest absolute Gasteiger partial charge is 0.407 e. The van der Waals surface area contributed by atoms with Crippen LogP contribution in [0.5, 0.6) is 0 Å². The average molecular weight is 239 g/mol. The van der Waals surface area contributed by atoms with Crippen molar-refractivity contribution >= 4 is 6.09 Å². The summed E-state index contributed by atoms with van der Waals surface area (Å²) in [5.41, 5.74) is 0. The molecule has 0 aromatic carbocycles. The van der Waals surface area contributed by atoms with Crippen LogP contribution in [0.2, 0.25) is 0 Å². The van der Waals surface area contributed by atoms with Gasteiger partial charge in [-0.15, -0.1) is 0 Å². The fourth-order valence-corrected chi connectivity index (χ4v) is 3.68. The zero-order valence-electron chi connectivity index (χ0n) is 10.3. The molecule has 96 valence electrons. The molecule has 0 aliphatic carbocycles. The van der Waals surface area contributed by atoms with E-state index in [9.17, 15) is 4.79 Å². The van der Waals surface area contributed by atoms with Crippen molar-refractivity contribution in [1.29, 1.82) is 0 Å². The Morgan fingerprint density at radius 2 is 2.29 bits per heavy atom. The lowest BCUT2D eigenvalue weighted by Gasteiger charge is -2.28. The summed E-state index contributed by atoms with van der Waals surface area (Å²) in [5.74, 6) is 1.59. The maximum atomic E-state index is 11.0. The number of rotatable bonds is 3. The highest BCUT2D eigenvalue weighted by molar-refractivity contribution is 5.69. The number of carbonyl (C=O) groups is 1. The van der Waals surface area contributed by atoms with Crippen molar-refractivity contribution in [3.05, 3.63) is 0 Å². The van der Waals surface area contributed by atoms with Crippen molar-refractivity contribution in [2.24, 2.45) is 11.8 Å². The minimum absolute atomic E-state index is 0.0448. The Balaban J connectivity index is 1.61. The maximum absolute atomic E-state index is 11.0. The molecular formula is C12H21N3O2. The summed E-state index contributed by atoms with van der Waals surface area (Å²) in [4.78, 5) is 13.5. The molecule has 3 rings (SSSR count). The van der Waals surface area contributed by atoms with E-state index in [2.05, 4.69) is 22.5 Å². The van der Waals surface area contributed by atoms with Gasteiger partial charge in [0.25, 0.3) is 0 Å². The minimum Gasteiger partial charge on any atom is -0.443 e. The van der Waals surface area contributed by atoms with E-state index in [1.54, 1.807) is 0 Å². The number of fused-ring (bicyclic) bond motifs is 1. The van der Waals surface area contributed by atoms with Gasteiger partial charge in [0.2, 0.25) is 0 Å². The molecule has 3 aliphatic rings. The number of carbonyl (C=O) groups excluding carboxylic acids is 1. The van der Waals surface area contributed by atoms with Gasteiger partial charge in [0.05, 0.1) is 6.54 Å². The number of hydrogen-bond donors (Lipinski definition) is 2. The normalized spacial score (nSPS) is 41.4. The van der Waals surface area contributed by atoms with Crippen LogP contribution >= 0.6 is 0 Å². The molecule has 4 atom stereocenters. The Morgan fingerprint density at radius 3 is 3.00 bits per heavy atom. The van der Waals surface area contributed by atoms with Gasteiger partial charge in [0.1, 0.15) is 6.10 Å². The molecule has 1 amide bonds. The zero-order valence-corrected chi connectivity index (χ0v) is 10.3. The predicted molar refractivity (Wildman–Crippen MR) is 63.8 cm³/mol. The number of nitrogens with zero attached hydrogens (tertiary/aromatic N) is 1. The van der Waals surface area contributed by atoms with E-state index in [0.717, 1.165) is 38.0 Å². The summed E-state index contributed by atoms with van der Waals surface area (Å²) in [5, 5.41) is 6.21. The number of alkyl carbamates (subject to hydrolysis) is 1. The number of hydrogen-bond acceptors (Lipinski definition) is 4. The first kappa shape index (κ1) is 11.3. The third-order valence-corrected chi connectivity index (χ3v) is 4.43. The monoisotopic (exact) mass is 239 g/mol. The minimum atomic E-state index is -0.260. The first-order chi connectivity index (χ1) is 8.28. The van der Waals surface area contributed by atoms with Crippen LogP contribution in [0.25, 0.3) is 0 Å². The second-order valence-electron chi connectivity index (χ2n) is 5.42. The number of nitrogens with one attached hydrogen (secondary N) is 2. The molecule has 3 fully saturated rings. The molecule has 0 bridgehead atoms. The van der Waals surface area contributed by atoms with E-state index >= 15 is 0 Å². The van der Waals surface area contributed by atoms with E-state index in [1.807, 2.05) is 0 Å². The molecule has 0 aromatic rings. The van der Waals surface area contributed by atoms with Crippen LogP contribution in [0, 0.1) is 11.8 Å². The van der Waals surface area contributed by atoms with Crippen LogP contribution in [0.3, 0.4) is 0 Å². The fraction of sp³-hybridized carbons (Fsp3) is 0.917. The predicted octanol–water partition coefficient (Wildman–Crippen LogP) is 0.0246. The number of ether oxygens (including phenoxy) is 1. The average Bonchev–Trinajstić information content (AvgIpc) is 2.95. The summed E-state index contributed by atoms with van der Waals surface area (Å²) < 4.78 is 5.23. The van der Waals surface area contributed by atoms with Crippen LogP contribution in [0.1, 0.15) is 13.3 Å². The summed E-state index contributed by atoms with van der Waals surface area (Å²) in [6, 6.07) is 0.661. The molecule has 3 aliphatic heterocycles. The highest BCUT2D eigenvalue weighted by Gasteiger charge is 2.44. The second kappa shape index (κ2) is 4.46. The summed E-state index contributed by atoms with van der Waals surface area (Å²) in [6.07, 6.45) is 0.976. The summed E-state index contributed by atoms with van der Waals surface area (Å²) >= 11 is 0. The Bertz CT molecular complexity index is 310. The molecule has 17 heavy (non-hydrogen) atoms. The first-order valence-electron chi connectivity index (χ1n) is 6.67. The third-order valence-electron chi connectivity index (χ3n) is 4.43. The Morgan fingerprint density at radius 1 is 1.41 bits per heavy atom. The quantitative estimate of drug-likeness (QED) is 0.729. The van der Waals surface area contributed by atoms with Gasteiger partial charge in [-0.3, -0.25) is 4.90 Å². The van der Waals surface area contributed by atoms with Gasteiger partial charge < -0.3 is 15.4 Å². The van der Waals surface area contributed by atoms with Crippen LogP contribution < -0.4 is 10.6 Å². The van der Waals surface area contributed by atoms with Gasteiger partial charge in [-0.2, -0.15) is 0 Å². The van der Waals surface area contributed by atoms with Gasteiger partial charge in [0.15, 0.2) is 0 Å². The third kappa shape index (κ3) is 2.02. The van der Waals surface area contributed by atoms with E-state index in [4.69, 9.17) is 4.74 Å². The van der Waals surface area contributed by atoms with Gasteiger partial charge >= 0.3 is 6.09 Å². The van der Waals surface area contributed by atoms with Crippen molar-refractivity contribution < 1.29 is 9.53 Å². The van der Waals surface area contributed by atoms with Gasteiger partial charge in [-0.05, 0) is 31.3 Å². The SMILES string of the molecule is CCC1C2CNCC2CN1CC1CNC(=O)O1. The van der Waals surface area contributed by atoms with Gasteiger partial charge in [0, 0.05) is 19.1 Å². The maximum Gasteiger partial charge on any atom is 0.407 e. The first-order valence-corrected chi connectivity index (χ1v) is 6.67. The van der Waals surface area contributed by atoms with Crippen molar-refractivity contribution in [2.75, 3.05) is 32.7 Å². The topological polar surface area (TPSA) is 53.6 Å². The Hall–Kier alpha value is -0.810. The number of likely N-dealkylation sites (tertiary alicyclic amines) is 1. The molecule has 3 saturated heterocycles. The van der Waals surface area contributed by atoms with Crippen molar-refractivity contribution in [3.63, 3.8) is 0 Å². The number of cyclic esters (lactones) is 1. The van der Waals surface area contributed by atoms with Crippen LogP contribution in [-0.2, 0) is 4.74 Å². The van der Waals surface area contributed by atoms with Gasteiger partial charge in [-0.25, -0.2) is 4.79 Å². The molecular weight excluding hydrogens is 218 g/mol. The summed E-state index contributed by atoms with van der Waals surface area (Å²) in [6.45, 7) is 7.29. The molecule has 0 aromatic heterocycles. The standard InChI is InChI=1S/C12H21N3O2/c1-2-11-10-5-13-3-8(10)6-15(11)7-9-4-14-12(16)17-9/h8-11,13H,2-7H2,1H3,(H,14,16). The summed E-state index contributed by atoms with van der Waals surface area (Å²) in [7, 11) is 0. The van der Waals surface area contributed by atoms with E-state index < -0.39 is 0 Å². The zero-order chi connectivity index (χ0) is 11.8. The number of amides is 1. The van der Waals surface area contributed by atoms with Crippen molar-refractivity contribution in [2.45, 2.75) is 25.5 Å². The van der Waals surface area contributed by atoms with E-state index in [1.165, 1.54) is 6.42 Å². The molecule has 0 radical (unpaired) electrons. The highest BCUT2D eigenvalue weighted by Crippen LogP contribution is 2.34. The molecule has 5 nitrogen and oxygen atoms in total. The Labute approximate surface area is 102 Å². The lowest BCUT2D eigenvalue weighted by atomic mass is 9.93. The lowest BCUT2D eigenvalue weighted by molar-refractivity contribution is 0.0975. The van der Waals surface area contributed by atoms with Crippen LogP contribution in [-0.4, -0.2) is 55.9 Å². The molecule has 2 N–H and O–H groups in total. The molecule has 4 unspecified atom stereocenters. The van der Waals surface area contributed by atoms with Crippen molar-refractivity contribution in [3.8, 4) is 0 Å². The van der Waals surface area contributed by atoms with Crippen LogP contribution in [0.15, 0.2) is 0 Å². The van der Waals surface area contributed by atoms with Crippen molar-refractivity contribution in [1.82, 2.24) is 15.5 Å². The van der Waals surface area contributed by atoms with E-state index in [-0.39, 0.29) is 12.2 Å². The second-order valence-corrected chi connectivity index (χ2v) is 5.42. The molecule has 0 spiro atoms. The van der Waals surface area contributed by atoms with Gasteiger partial charge in [-0.1, -0.05) is 6.92 Å².